The first-order valence-corrected chi connectivity index (χ1v) is 22.5. The summed E-state index contributed by atoms with van der Waals surface area (Å²) < 4.78 is 8.58. The monoisotopic (exact) mass is 836 g/mol. The summed E-state index contributed by atoms with van der Waals surface area (Å²) in [5.74, 6) is 1.71. The highest BCUT2D eigenvalue weighted by molar-refractivity contribution is 6.16. The second-order valence-corrected chi connectivity index (χ2v) is 17.1. The summed E-state index contributed by atoms with van der Waals surface area (Å²) in [6.45, 7) is 8.67. The van der Waals surface area contributed by atoms with E-state index in [9.17, 15) is 0 Å². The van der Waals surface area contributed by atoms with Crippen LogP contribution in [0.25, 0.3) is 117 Å². The lowest BCUT2D eigenvalue weighted by atomic mass is 9.82. The van der Waals surface area contributed by atoms with Crippen molar-refractivity contribution in [2.75, 3.05) is 0 Å². The Kier molecular flexibility index (Phi) is 8.89. The van der Waals surface area contributed by atoms with Crippen molar-refractivity contribution in [3.8, 4) is 62.1 Å². The van der Waals surface area contributed by atoms with Crippen molar-refractivity contribution in [3.05, 3.63) is 205 Å². The van der Waals surface area contributed by atoms with Gasteiger partial charge in [0.25, 0.3) is 0 Å². The third-order valence-corrected chi connectivity index (χ3v) is 13.3. The zero-order chi connectivity index (χ0) is 43.8. The van der Waals surface area contributed by atoms with Crippen LogP contribution in [-0.4, -0.2) is 19.5 Å². The van der Waals surface area contributed by atoms with Gasteiger partial charge in [0.1, 0.15) is 11.2 Å². The zero-order valence-electron chi connectivity index (χ0n) is 36.7. The topological polar surface area (TPSA) is 56.7 Å². The third-order valence-electron chi connectivity index (χ3n) is 13.3. The highest BCUT2D eigenvalue weighted by Crippen LogP contribution is 2.50. The van der Waals surface area contributed by atoms with Crippen LogP contribution in [0.4, 0.5) is 0 Å². The molecule has 9 aromatic carbocycles. The Hall–Kier alpha value is -8.15. The lowest BCUT2D eigenvalue weighted by Gasteiger charge is -2.21. The molecule has 0 spiro atoms. The van der Waals surface area contributed by atoms with Crippen molar-refractivity contribution >= 4 is 54.5 Å². The van der Waals surface area contributed by atoms with Gasteiger partial charge in [-0.15, -0.1) is 0 Å². The van der Waals surface area contributed by atoms with Crippen LogP contribution in [0.2, 0.25) is 0 Å². The molecule has 5 nitrogen and oxygen atoms in total. The molecule has 12 aromatic rings. The van der Waals surface area contributed by atoms with Crippen molar-refractivity contribution in [2.24, 2.45) is 0 Å². The van der Waals surface area contributed by atoms with Crippen LogP contribution in [0.15, 0.2) is 199 Å². The third kappa shape index (κ3) is 5.96. The molecule has 0 saturated heterocycles. The van der Waals surface area contributed by atoms with E-state index < -0.39 is 0 Å². The van der Waals surface area contributed by atoms with E-state index in [1.165, 1.54) is 44.2 Å². The molecular formula is C60H44N4O. The molecule has 13 rings (SSSR count). The predicted octanol–water partition coefficient (Wildman–Crippen LogP) is 16.0. The van der Waals surface area contributed by atoms with Gasteiger partial charge in [0.2, 0.25) is 5.95 Å². The number of rotatable bonds is 5. The van der Waals surface area contributed by atoms with E-state index in [1.54, 1.807) is 0 Å². The first-order valence-electron chi connectivity index (χ1n) is 22.5. The number of fused-ring (bicyclic) bond motifs is 10. The van der Waals surface area contributed by atoms with Crippen molar-refractivity contribution in [2.45, 2.75) is 33.1 Å². The molecule has 5 heteroatoms. The van der Waals surface area contributed by atoms with Gasteiger partial charge in [0, 0.05) is 43.7 Å². The maximum atomic E-state index is 6.35. The van der Waals surface area contributed by atoms with Gasteiger partial charge in [-0.2, -0.15) is 9.97 Å². The fraction of sp³-hybridized carbons (Fsp3) is 0.0833. The standard InChI is InChI=1S/C58H38N4O.C2H6/c1-58(2)49-26-9-6-17-42(49)48-33-36(30-32-50(48)58)38-20-12-22-40-39(38)21-13-23-41(40)46-24-14-25-47-43-18-7-10-27-51(43)62(54(46)47)57-60-55(35-15-4-3-5-16-35)59-56(61-57)37-29-31-45-44-19-8-11-28-52(44)63-53(45)34-37;1-2/h3-34H,1-2H3;1-2H3. The molecule has 0 fully saturated rings. The van der Waals surface area contributed by atoms with Crippen LogP contribution in [0.3, 0.4) is 0 Å². The highest BCUT2D eigenvalue weighted by atomic mass is 16.3. The van der Waals surface area contributed by atoms with E-state index in [0.29, 0.717) is 17.6 Å². The first kappa shape index (κ1) is 38.5. The summed E-state index contributed by atoms with van der Waals surface area (Å²) in [4.78, 5) is 15.8. The van der Waals surface area contributed by atoms with Gasteiger partial charge in [-0.25, -0.2) is 4.98 Å². The van der Waals surface area contributed by atoms with Crippen LogP contribution < -0.4 is 0 Å². The molecule has 310 valence electrons. The molecule has 1 aliphatic carbocycles. The lowest BCUT2D eigenvalue weighted by Crippen LogP contribution is -2.14. The summed E-state index contributed by atoms with van der Waals surface area (Å²) in [5.41, 5.74) is 15.5. The quantitative estimate of drug-likeness (QED) is 0.173. The van der Waals surface area contributed by atoms with Crippen LogP contribution in [0.1, 0.15) is 38.8 Å². The Labute approximate surface area is 377 Å². The number of para-hydroxylation sites is 3. The molecule has 3 heterocycles. The van der Waals surface area contributed by atoms with Crippen LogP contribution in [0.5, 0.6) is 0 Å². The number of furan rings is 1. The number of benzene rings is 9. The molecular weight excluding hydrogens is 793 g/mol. The maximum Gasteiger partial charge on any atom is 0.238 e. The number of hydrogen-bond acceptors (Lipinski definition) is 4. The van der Waals surface area contributed by atoms with Gasteiger partial charge >= 0.3 is 0 Å². The molecule has 65 heavy (non-hydrogen) atoms. The van der Waals surface area contributed by atoms with Crippen molar-refractivity contribution in [1.82, 2.24) is 19.5 Å². The number of nitrogens with zero attached hydrogens (tertiary/aromatic N) is 4. The second-order valence-electron chi connectivity index (χ2n) is 17.1. The minimum atomic E-state index is -0.0448. The Morgan fingerprint density at radius 3 is 1.80 bits per heavy atom. The Balaban J connectivity index is 0.00000219. The smallest absolute Gasteiger partial charge is 0.238 e. The van der Waals surface area contributed by atoms with Gasteiger partial charge in [0.05, 0.1) is 11.0 Å². The largest absolute Gasteiger partial charge is 0.456 e. The molecule has 0 saturated carbocycles. The normalized spacial score (nSPS) is 12.7. The summed E-state index contributed by atoms with van der Waals surface area (Å²) >= 11 is 0. The maximum absolute atomic E-state index is 6.35. The van der Waals surface area contributed by atoms with Gasteiger partial charge in [-0.05, 0) is 80.0 Å². The first-order chi connectivity index (χ1) is 32.0. The van der Waals surface area contributed by atoms with E-state index in [0.717, 1.165) is 66.0 Å². The minimum Gasteiger partial charge on any atom is -0.456 e. The molecule has 0 atom stereocenters. The summed E-state index contributed by atoms with van der Waals surface area (Å²) in [6, 6.07) is 69.1. The van der Waals surface area contributed by atoms with E-state index in [-0.39, 0.29) is 5.41 Å². The van der Waals surface area contributed by atoms with E-state index in [1.807, 2.05) is 50.2 Å². The Bertz CT molecular complexity index is 3840. The SMILES string of the molecule is CC.CC1(C)c2ccccc2-c2cc(-c3cccc4c(-c5cccc6c7ccccc7n(-c7nc(-c8ccccc8)nc(-c8ccc9c(c8)oc8ccccc89)n7)c56)cccc34)ccc21. The molecule has 0 bridgehead atoms. The molecule has 3 aromatic heterocycles. The summed E-state index contributed by atoms with van der Waals surface area (Å²) in [7, 11) is 0. The fourth-order valence-corrected chi connectivity index (χ4v) is 10.3. The summed E-state index contributed by atoms with van der Waals surface area (Å²) in [5, 5.41) is 6.78. The minimum absolute atomic E-state index is 0.0448. The van der Waals surface area contributed by atoms with E-state index >= 15 is 0 Å². The molecule has 1 aliphatic rings. The molecule has 0 N–H and O–H groups in total. The van der Waals surface area contributed by atoms with Gasteiger partial charge in [0.15, 0.2) is 11.6 Å². The number of aromatic nitrogens is 4. The lowest BCUT2D eigenvalue weighted by molar-refractivity contribution is 0.660. The van der Waals surface area contributed by atoms with Crippen LogP contribution >= 0.6 is 0 Å². The highest BCUT2D eigenvalue weighted by Gasteiger charge is 2.35. The zero-order valence-corrected chi connectivity index (χ0v) is 36.7. The molecule has 0 unspecified atom stereocenters. The second kappa shape index (κ2) is 15.0. The predicted molar refractivity (Wildman–Crippen MR) is 270 cm³/mol. The summed E-state index contributed by atoms with van der Waals surface area (Å²) in [6.07, 6.45) is 0. The average Bonchev–Trinajstić information content (AvgIpc) is 3.99. The van der Waals surface area contributed by atoms with Crippen LogP contribution in [0, 0.1) is 0 Å². The molecule has 0 radical (unpaired) electrons. The molecule has 0 amide bonds. The van der Waals surface area contributed by atoms with Crippen LogP contribution in [-0.2, 0) is 5.41 Å². The van der Waals surface area contributed by atoms with Crippen molar-refractivity contribution in [3.63, 3.8) is 0 Å². The van der Waals surface area contributed by atoms with E-state index in [2.05, 4.69) is 176 Å². The van der Waals surface area contributed by atoms with Gasteiger partial charge in [-0.3, -0.25) is 4.57 Å². The van der Waals surface area contributed by atoms with Crippen molar-refractivity contribution in [1.29, 1.82) is 0 Å². The number of hydrogen-bond donors (Lipinski definition) is 0. The van der Waals surface area contributed by atoms with Gasteiger partial charge in [-0.1, -0.05) is 191 Å². The average molecular weight is 837 g/mol. The Morgan fingerprint density at radius 2 is 0.969 bits per heavy atom. The fourth-order valence-electron chi connectivity index (χ4n) is 10.3. The van der Waals surface area contributed by atoms with E-state index in [4.69, 9.17) is 19.4 Å². The molecule has 0 aliphatic heterocycles. The van der Waals surface area contributed by atoms with Gasteiger partial charge < -0.3 is 4.42 Å². The Morgan fingerprint density at radius 1 is 0.385 bits per heavy atom. The van der Waals surface area contributed by atoms with Crippen molar-refractivity contribution < 1.29 is 4.42 Å².